The monoisotopic (exact) mass is 643 g/mol. The van der Waals surface area contributed by atoms with E-state index in [4.69, 9.17) is 14.2 Å². The van der Waals surface area contributed by atoms with E-state index in [1.807, 2.05) is 149 Å². The van der Waals surface area contributed by atoms with Gasteiger partial charge in [-0.1, -0.05) is 84.9 Å². The molecule has 0 radical (unpaired) electrons. The molecular weight excluding hydrogens is 598 g/mol. The van der Waals surface area contributed by atoms with Crippen LogP contribution < -0.4 is 9.47 Å². The predicted molar refractivity (Wildman–Crippen MR) is 190 cm³/mol. The average molecular weight is 644 g/mol. The van der Waals surface area contributed by atoms with Gasteiger partial charge in [0.2, 0.25) is 0 Å². The summed E-state index contributed by atoms with van der Waals surface area (Å²) in [6.07, 6.45) is -0.202. The highest BCUT2D eigenvalue weighted by atomic mass is 16.6. The highest BCUT2D eigenvalue weighted by Crippen LogP contribution is 2.40. The van der Waals surface area contributed by atoms with Gasteiger partial charge in [0.1, 0.15) is 24.7 Å². The van der Waals surface area contributed by atoms with Crippen LogP contribution in [0.5, 0.6) is 11.5 Å². The van der Waals surface area contributed by atoms with Gasteiger partial charge in [-0.25, -0.2) is 0 Å². The summed E-state index contributed by atoms with van der Waals surface area (Å²) in [5, 5.41) is 23.7. The molecule has 0 amide bonds. The number of aliphatic hydroxyl groups excluding tert-OH is 1. The van der Waals surface area contributed by atoms with Gasteiger partial charge in [-0.3, -0.25) is 0 Å². The van der Waals surface area contributed by atoms with E-state index in [-0.39, 0.29) is 6.10 Å². The lowest BCUT2D eigenvalue weighted by molar-refractivity contribution is -0.275. The molecule has 2 N–H and O–H groups in total. The van der Waals surface area contributed by atoms with Crippen molar-refractivity contribution in [2.45, 2.75) is 77.2 Å². The first-order valence-corrected chi connectivity index (χ1v) is 16.6. The molecule has 0 spiro atoms. The predicted octanol–water partition coefficient (Wildman–Crippen LogP) is 9.60. The summed E-state index contributed by atoms with van der Waals surface area (Å²) in [6.45, 7) is 8.98. The maximum Gasteiger partial charge on any atom is 0.181 e. The third kappa shape index (κ3) is 8.15. The average Bonchev–Trinajstić information content (AvgIpc) is 3.09. The second kappa shape index (κ2) is 14.3. The van der Waals surface area contributed by atoms with Crippen LogP contribution in [-0.2, 0) is 18.0 Å². The van der Waals surface area contributed by atoms with Gasteiger partial charge in [-0.15, -0.1) is 0 Å². The van der Waals surface area contributed by atoms with E-state index >= 15 is 0 Å². The van der Waals surface area contributed by atoms with Crippen molar-refractivity contribution >= 4 is 0 Å². The minimum Gasteiger partial charge on any atom is -0.489 e. The van der Waals surface area contributed by atoms with E-state index < -0.39 is 17.4 Å². The van der Waals surface area contributed by atoms with Gasteiger partial charge in [-0.2, -0.15) is 5.06 Å². The third-order valence-electron chi connectivity index (χ3n) is 9.03. The third-order valence-corrected chi connectivity index (χ3v) is 9.03. The molecule has 248 valence electrons. The van der Waals surface area contributed by atoms with E-state index in [0.717, 1.165) is 44.9 Å². The van der Waals surface area contributed by atoms with Crippen molar-refractivity contribution in [3.63, 3.8) is 0 Å². The van der Waals surface area contributed by atoms with E-state index in [2.05, 4.69) is 6.07 Å². The van der Waals surface area contributed by atoms with Crippen molar-refractivity contribution in [2.24, 2.45) is 0 Å². The van der Waals surface area contributed by atoms with Gasteiger partial charge in [0.15, 0.2) is 6.29 Å². The Kier molecular flexibility index (Phi) is 9.99. The molecule has 6 rings (SSSR count). The smallest absolute Gasteiger partial charge is 0.181 e. The van der Waals surface area contributed by atoms with Crippen molar-refractivity contribution in [2.75, 3.05) is 0 Å². The number of rotatable bonds is 11. The molecule has 5 aromatic carbocycles. The van der Waals surface area contributed by atoms with Crippen molar-refractivity contribution in [3.8, 4) is 33.8 Å². The van der Waals surface area contributed by atoms with Crippen LogP contribution in [-0.4, -0.2) is 32.6 Å². The maximum absolute atomic E-state index is 11.5. The Morgan fingerprint density at radius 3 is 1.44 bits per heavy atom. The Labute approximate surface area is 284 Å². The fourth-order valence-corrected chi connectivity index (χ4v) is 6.63. The molecule has 1 aliphatic heterocycles. The van der Waals surface area contributed by atoms with Crippen molar-refractivity contribution in [1.82, 2.24) is 5.06 Å². The molecule has 1 unspecified atom stereocenters. The highest BCUT2D eigenvalue weighted by molar-refractivity contribution is 5.75. The van der Waals surface area contributed by atoms with Crippen LogP contribution in [0.4, 0.5) is 0 Å². The van der Waals surface area contributed by atoms with Gasteiger partial charge >= 0.3 is 0 Å². The van der Waals surface area contributed by atoms with Gasteiger partial charge in [0.05, 0.1) is 6.10 Å². The molecule has 48 heavy (non-hydrogen) atoms. The zero-order chi connectivity index (χ0) is 33.7. The highest BCUT2D eigenvalue weighted by Gasteiger charge is 2.46. The van der Waals surface area contributed by atoms with Crippen molar-refractivity contribution in [1.29, 1.82) is 0 Å². The SMILES string of the molecule is CC1(C)CC(OC(O)c2cc(-c3ccc(OCc4ccccc4)cc3)cc(-c3ccc(OCc4ccccc4)cc3)c2)CC(C)(C)N1O. The summed E-state index contributed by atoms with van der Waals surface area (Å²) < 4.78 is 18.4. The summed E-state index contributed by atoms with van der Waals surface area (Å²) in [5.41, 5.74) is 5.80. The lowest BCUT2D eigenvalue weighted by Crippen LogP contribution is -2.60. The van der Waals surface area contributed by atoms with Crippen LogP contribution >= 0.6 is 0 Å². The molecule has 0 aliphatic carbocycles. The van der Waals surface area contributed by atoms with Crippen molar-refractivity contribution < 1.29 is 24.5 Å². The number of nitrogens with zero attached hydrogens (tertiary/aromatic N) is 1. The molecule has 5 aromatic rings. The Morgan fingerprint density at radius 2 is 1.02 bits per heavy atom. The standard InChI is InChI=1S/C42H45NO5/c1-41(2)26-39(27-42(3,4)43(41)45)48-40(44)36-24-34(32-15-19-37(20-16-32)46-28-30-11-7-5-8-12-30)23-35(25-36)33-17-21-38(22-18-33)47-29-31-13-9-6-10-14-31/h5-25,39-40,44-45H,26-29H2,1-4H3. The first-order chi connectivity index (χ1) is 23.1. The van der Waals surface area contributed by atoms with E-state index in [0.29, 0.717) is 31.6 Å². The van der Waals surface area contributed by atoms with E-state index in [1.165, 1.54) is 5.06 Å². The van der Waals surface area contributed by atoms with Crippen LogP contribution in [0.2, 0.25) is 0 Å². The minimum absolute atomic E-state index is 0.234. The van der Waals surface area contributed by atoms with Crippen molar-refractivity contribution in [3.05, 3.63) is 144 Å². The fourth-order valence-electron chi connectivity index (χ4n) is 6.63. The minimum atomic E-state index is -1.15. The number of benzene rings is 5. The summed E-state index contributed by atoms with van der Waals surface area (Å²) >= 11 is 0. The van der Waals surface area contributed by atoms with Gasteiger partial charge in [-0.05, 0) is 116 Å². The Hall–Kier alpha value is -4.46. The first-order valence-electron chi connectivity index (χ1n) is 16.6. The van der Waals surface area contributed by atoms with Gasteiger partial charge in [0.25, 0.3) is 0 Å². The molecule has 0 aromatic heterocycles. The zero-order valence-electron chi connectivity index (χ0n) is 28.2. The lowest BCUT2D eigenvalue weighted by atomic mass is 9.80. The molecule has 1 aliphatic rings. The number of hydroxylamine groups is 2. The fraction of sp³-hybridized carbons (Fsp3) is 0.286. The number of ether oxygens (including phenoxy) is 3. The van der Waals surface area contributed by atoms with Gasteiger partial charge in [0, 0.05) is 16.6 Å². The molecule has 0 saturated carbocycles. The Balaban J connectivity index is 1.25. The normalized spacial score (nSPS) is 16.7. The van der Waals surface area contributed by atoms with Crippen LogP contribution in [0.1, 0.15) is 63.5 Å². The van der Waals surface area contributed by atoms with E-state index in [9.17, 15) is 10.3 Å². The summed E-state index contributed by atoms with van der Waals surface area (Å²) in [4.78, 5) is 0. The van der Waals surface area contributed by atoms with E-state index in [1.54, 1.807) is 0 Å². The molecular formula is C42H45NO5. The lowest BCUT2D eigenvalue weighted by Gasteiger charge is -2.51. The molecule has 1 atom stereocenters. The largest absolute Gasteiger partial charge is 0.489 e. The van der Waals surface area contributed by atoms with Crippen LogP contribution in [0, 0.1) is 0 Å². The molecule has 1 saturated heterocycles. The Bertz CT molecular complexity index is 1650. The van der Waals surface area contributed by atoms with Gasteiger partial charge < -0.3 is 24.5 Å². The summed E-state index contributed by atoms with van der Waals surface area (Å²) in [6, 6.07) is 42.4. The topological polar surface area (TPSA) is 71.4 Å². The summed E-state index contributed by atoms with van der Waals surface area (Å²) in [5.74, 6) is 1.57. The first kappa shape index (κ1) is 33.4. The van der Waals surface area contributed by atoms with Crippen LogP contribution in [0.15, 0.2) is 127 Å². The molecule has 1 heterocycles. The zero-order valence-corrected chi connectivity index (χ0v) is 28.2. The quantitative estimate of drug-likeness (QED) is 0.140. The molecule has 1 fully saturated rings. The maximum atomic E-state index is 11.5. The molecule has 0 bridgehead atoms. The molecule has 6 heteroatoms. The second-order valence-electron chi connectivity index (χ2n) is 13.9. The number of aliphatic hydroxyl groups is 1. The second-order valence-corrected chi connectivity index (χ2v) is 13.9. The number of hydrogen-bond donors (Lipinski definition) is 2. The van der Waals surface area contributed by atoms with Crippen LogP contribution in [0.3, 0.4) is 0 Å². The number of hydrogen-bond acceptors (Lipinski definition) is 6. The number of piperidine rings is 1. The summed E-state index contributed by atoms with van der Waals surface area (Å²) in [7, 11) is 0. The Morgan fingerprint density at radius 1 is 0.604 bits per heavy atom. The van der Waals surface area contributed by atoms with Crippen LogP contribution in [0.25, 0.3) is 22.3 Å². The molecule has 6 nitrogen and oxygen atoms in total.